The lowest BCUT2D eigenvalue weighted by Gasteiger charge is -2.14. The highest BCUT2D eigenvalue weighted by molar-refractivity contribution is 7.80. The van der Waals surface area contributed by atoms with Crippen LogP contribution in [-0.2, 0) is 0 Å². The molecule has 0 saturated carbocycles. The molecule has 2 aromatic carbocycles. The molecule has 0 aliphatic rings. The molecule has 31 heavy (non-hydrogen) atoms. The van der Waals surface area contributed by atoms with E-state index in [1.807, 2.05) is 0 Å². The Bertz CT molecular complexity index is 885. The van der Waals surface area contributed by atoms with Gasteiger partial charge in [0, 0.05) is 18.7 Å². The third kappa shape index (κ3) is 8.35. The van der Waals surface area contributed by atoms with Gasteiger partial charge in [0.1, 0.15) is 5.75 Å². The average Bonchev–Trinajstić information content (AvgIpc) is 2.74. The lowest BCUT2D eigenvalue weighted by Crippen LogP contribution is -2.35. The minimum absolute atomic E-state index is 0.00133. The van der Waals surface area contributed by atoms with E-state index in [1.165, 1.54) is 0 Å². The summed E-state index contributed by atoms with van der Waals surface area (Å²) in [5, 5.41) is 17.2. The summed E-state index contributed by atoms with van der Waals surface area (Å²) in [7, 11) is 0. The molecule has 4 N–H and O–H groups in total. The van der Waals surface area contributed by atoms with Gasteiger partial charge >= 0.3 is 0 Å². The fraction of sp³-hybridized carbons (Fsp3) is 0.348. The normalized spacial score (nSPS) is 10.5. The monoisotopic (exact) mass is 443 g/mol. The minimum atomic E-state index is -0.365. The maximum absolute atomic E-state index is 12.5. The molecule has 0 aromatic heterocycles. The quantitative estimate of drug-likeness (QED) is 0.332. The van der Waals surface area contributed by atoms with E-state index in [4.69, 9.17) is 22.1 Å². The number of benzene rings is 2. The molecule has 0 aliphatic carbocycles. The van der Waals surface area contributed by atoms with Crippen molar-refractivity contribution < 1.29 is 19.4 Å². The number of aliphatic hydroxyl groups excluding tert-OH is 1. The van der Waals surface area contributed by atoms with Gasteiger partial charge in [-0.15, -0.1) is 0 Å². The zero-order chi connectivity index (χ0) is 22.6. The summed E-state index contributed by atoms with van der Waals surface area (Å²) in [6.45, 7) is 5.26. The maximum atomic E-state index is 12.5. The van der Waals surface area contributed by atoms with Crippen molar-refractivity contribution in [2.75, 3.05) is 25.1 Å². The van der Waals surface area contributed by atoms with Gasteiger partial charge in [-0.1, -0.05) is 26.0 Å². The highest BCUT2D eigenvalue weighted by Gasteiger charge is 2.13. The second kappa shape index (κ2) is 12.7. The van der Waals surface area contributed by atoms with Crippen molar-refractivity contribution in [3.8, 4) is 5.75 Å². The first-order valence-electron chi connectivity index (χ1n) is 10.2. The summed E-state index contributed by atoms with van der Waals surface area (Å²) >= 11 is 5.24. The zero-order valence-electron chi connectivity index (χ0n) is 17.8. The van der Waals surface area contributed by atoms with E-state index in [2.05, 4.69) is 29.8 Å². The molecule has 0 unspecified atom stereocenters. The zero-order valence-corrected chi connectivity index (χ0v) is 18.6. The van der Waals surface area contributed by atoms with Gasteiger partial charge in [0.05, 0.1) is 17.9 Å². The molecule has 0 aliphatic heterocycles. The third-order valence-corrected chi connectivity index (χ3v) is 4.55. The Balaban J connectivity index is 1.92. The van der Waals surface area contributed by atoms with Gasteiger partial charge in [-0.05, 0) is 67.4 Å². The van der Waals surface area contributed by atoms with E-state index < -0.39 is 0 Å². The summed E-state index contributed by atoms with van der Waals surface area (Å²) in [6.07, 6.45) is 1.43. The lowest BCUT2D eigenvalue weighted by atomic mass is 10.1. The number of hydrogen-bond donors (Lipinski definition) is 4. The van der Waals surface area contributed by atoms with E-state index in [1.54, 1.807) is 48.5 Å². The summed E-state index contributed by atoms with van der Waals surface area (Å²) in [4.78, 5) is 24.8. The number of para-hydroxylation sites is 1. The molecule has 166 valence electrons. The molecule has 8 heteroatoms. The molecule has 0 radical (unpaired) electrons. The van der Waals surface area contributed by atoms with Crippen LogP contribution < -0.4 is 20.7 Å². The van der Waals surface area contributed by atoms with Crippen LogP contribution in [0.5, 0.6) is 5.75 Å². The van der Waals surface area contributed by atoms with Crippen molar-refractivity contribution in [2.24, 2.45) is 5.92 Å². The number of amides is 2. The number of thiocarbonyl (C=S) groups is 1. The van der Waals surface area contributed by atoms with E-state index >= 15 is 0 Å². The van der Waals surface area contributed by atoms with Crippen molar-refractivity contribution in [1.29, 1.82) is 0 Å². The van der Waals surface area contributed by atoms with Crippen molar-refractivity contribution in [1.82, 2.24) is 10.6 Å². The molecule has 2 amide bonds. The predicted octanol–water partition coefficient (Wildman–Crippen LogP) is 3.35. The first kappa shape index (κ1) is 24.3. The van der Waals surface area contributed by atoms with Crippen LogP contribution in [0.4, 0.5) is 5.69 Å². The molecule has 0 atom stereocenters. The molecule has 0 fully saturated rings. The van der Waals surface area contributed by atoms with Gasteiger partial charge in [0.2, 0.25) is 0 Å². The van der Waals surface area contributed by atoms with E-state index in [0.29, 0.717) is 48.1 Å². The Morgan fingerprint density at radius 3 is 2.45 bits per heavy atom. The summed E-state index contributed by atoms with van der Waals surface area (Å²) in [6, 6.07) is 13.7. The standard InChI is InChI=1S/C23H29N3O4S/c1-16(2)12-15-30-18-10-8-17(9-11-18)21(28)26-23(31)25-20-7-4-3-6-19(20)22(29)24-13-5-14-27/h3-4,6-11,16,27H,5,12-15H2,1-2H3,(H,24,29)(H2,25,26,28,31). The van der Waals surface area contributed by atoms with Crippen LogP contribution >= 0.6 is 12.2 Å². The Morgan fingerprint density at radius 2 is 1.77 bits per heavy atom. The molecular formula is C23H29N3O4S. The number of aliphatic hydroxyl groups is 1. The van der Waals surface area contributed by atoms with E-state index in [9.17, 15) is 9.59 Å². The second-order valence-electron chi connectivity index (χ2n) is 7.34. The topological polar surface area (TPSA) is 99.7 Å². The first-order chi connectivity index (χ1) is 14.9. The van der Waals surface area contributed by atoms with Crippen molar-refractivity contribution >= 4 is 34.8 Å². The molecule has 0 heterocycles. The summed E-state index contributed by atoms with van der Waals surface area (Å²) < 4.78 is 5.66. The Morgan fingerprint density at radius 1 is 1.06 bits per heavy atom. The van der Waals surface area contributed by atoms with Gasteiger partial charge in [-0.25, -0.2) is 0 Å². The molecule has 2 aromatic rings. The van der Waals surface area contributed by atoms with Crippen LogP contribution in [-0.4, -0.2) is 41.8 Å². The number of ether oxygens (including phenoxy) is 1. The largest absolute Gasteiger partial charge is 0.494 e. The van der Waals surface area contributed by atoms with Crippen LogP contribution in [0.1, 0.15) is 47.4 Å². The molecule has 0 spiro atoms. The number of anilines is 1. The number of rotatable bonds is 10. The summed E-state index contributed by atoms with van der Waals surface area (Å²) in [5.74, 6) is 0.615. The Kier molecular flexibility index (Phi) is 9.93. The van der Waals surface area contributed by atoms with Crippen LogP contribution in [0.3, 0.4) is 0 Å². The van der Waals surface area contributed by atoms with Crippen LogP contribution in [0.2, 0.25) is 0 Å². The number of carbonyl (C=O) groups excluding carboxylic acids is 2. The van der Waals surface area contributed by atoms with Crippen molar-refractivity contribution in [2.45, 2.75) is 26.7 Å². The van der Waals surface area contributed by atoms with Crippen LogP contribution in [0.25, 0.3) is 0 Å². The van der Waals surface area contributed by atoms with Crippen LogP contribution in [0, 0.1) is 5.92 Å². The fourth-order valence-corrected chi connectivity index (χ4v) is 2.81. The molecule has 0 saturated heterocycles. The molecule has 0 bridgehead atoms. The molecule has 7 nitrogen and oxygen atoms in total. The average molecular weight is 444 g/mol. The van der Waals surface area contributed by atoms with Gasteiger partial charge in [0.25, 0.3) is 11.8 Å². The first-order valence-corrected chi connectivity index (χ1v) is 10.6. The van der Waals surface area contributed by atoms with Crippen molar-refractivity contribution in [3.05, 3.63) is 59.7 Å². The smallest absolute Gasteiger partial charge is 0.257 e. The van der Waals surface area contributed by atoms with Gasteiger partial charge in [-0.2, -0.15) is 0 Å². The predicted molar refractivity (Wildman–Crippen MR) is 126 cm³/mol. The van der Waals surface area contributed by atoms with Gasteiger partial charge in [-0.3, -0.25) is 14.9 Å². The van der Waals surface area contributed by atoms with Crippen molar-refractivity contribution in [3.63, 3.8) is 0 Å². The number of hydrogen-bond acceptors (Lipinski definition) is 5. The van der Waals surface area contributed by atoms with Gasteiger partial charge < -0.3 is 20.5 Å². The molecule has 2 rings (SSSR count). The number of carbonyl (C=O) groups is 2. The Hall–Kier alpha value is -2.97. The molecular weight excluding hydrogens is 414 g/mol. The number of nitrogens with one attached hydrogen (secondary N) is 3. The van der Waals surface area contributed by atoms with E-state index in [0.717, 1.165) is 6.42 Å². The fourth-order valence-electron chi connectivity index (χ4n) is 2.61. The highest BCUT2D eigenvalue weighted by atomic mass is 32.1. The third-order valence-electron chi connectivity index (χ3n) is 4.35. The van der Waals surface area contributed by atoms with Gasteiger partial charge in [0.15, 0.2) is 5.11 Å². The Labute approximate surface area is 188 Å². The second-order valence-corrected chi connectivity index (χ2v) is 7.75. The lowest BCUT2D eigenvalue weighted by molar-refractivity contribution is 0.0950. The van der Waals surface area contributed by atoms with Crippen LogP contribution in [0.15, 0.2) is 48.5 Å². The maximum Gasteiger partial charge on any atom is 0.257 e. The minimum Gasteiger partial charge on any atom is -0.494 e. The summed E-state index contributed by atoms with van der Waals surface area (Å²) in [5.41, 5.74) is 1.30. The highest BCUT2D eigenvalue weighted by Crippen LogP contribution is 2.16. The SMILES string of the molecule is CC(C)CCOc1ccc(C(=O)NC(=S)Nc2ccccc2C(=O)NCCCO)cc1. The van der Waals surface area contributed by atoms with E-state index in [-0.39, 0.29) is 23.5 Å².